The van der Waals surface area contributed by atoms with Gasteiger partial charge in [-0.1, -0.05) is 17.8 Å². The van der Waals surface area contributed by atoms with Crippen LogP contribution in [-0.2, 0) is 4.43 Å². The summed E-state index contributed by atoms with van der Waals surface area (Å²) in [6.45, 7) is 7.95. The molecule has 0 saturated carbocycles. The Hall–Kier alpha value is 0.107. The average molecular weight is 132 g/mol. The van der Waals surface area contributed by atoms with Gasteiger partial charge in [-0.2, -0.15) is 0 Å². The van der Waals surface area contributed by atoms with Gasteiger partial charge < -0.3 is 4.43 Å². The average Bonchev–Trinajstić information content (AvgIpc) is 1.27. The third-order valence-electron chi connectivity index (χ3n) is 0.719. The predicted octanol–water partition coefficient (Wildman–Crippen LogP) is 1.92. The van der Waals surface area contributed by atoms with Crippen LogP contribution in [0.5, 0.6) is 0 Å². The molecular weight excluding hydrogens is 124 g/mol. The van der Waals surface area contributed by atoms with E-state index < -0.39 is 7.47 Å². The van der Waals surface area contributed by atoms with Gasteiger partial charge in [0.1, 0.15) is 5.09 Å². The van der Waals surface area contributed by atoms with Crippen molar-refractivity contribution in [1.82, 2.24) is 0 Å². The van der Waals surface area contributed by atoms with Gasteiger partial charge in [0.15, 0.2) is 0 Å². The van der Waals surface area contributed by atoms with Crippen molar-refractivity contribution in [3.63, 3.8) is 0 Å². The second kappa shape index (κ2) is 1.29. The first-order valence-electron chi connectivity index (χ1n) is 2.17. The summed E-state index contributed by atoms with van der Waals surface area (Å²) in [5.74, 6) is 0. The van der Waals surface area contributed by atoms with E-state index in [2.05, 4.69) is 19.7 Å². The Bertz CT molecular complexity index is 100. The lowest BCUT2D eigenvalue weighted by molar-refractivity contribution is 0.462. The van der Waals surface area contributed by atoms with Crippen molar-refractivity contribution < 1.29 is 4.43 Å². The van der Waals surface area contributed by atoms with E-state index in [1.165, 1.54) is 0 Å². The highest BCUT2D eigenvalue weighted by Gasteiger charge is 2.36. The fraction of sp³-hybridized carbons (Fsp3) is 0.500. The normalized spacial score (nSPS) is 25.7. The molecule has 1 aliphatic heterocycles. The molecule has 0 aromatic carbocycles. The third kappa shape index (κ3) is 1.01. The SMILES string of the molecule is C=C1O[Si](C)(C)S1. The second-order valence-corrected chi connectivity index (χ2v) is 9.20. The summed E-state index contributed by atoms with van der Waals surface area (Å²) in [5.41, 5.74) is 0. The van der Waals surface area contributed by atoms with Gasteiger partial charge in [0.2, 0.25) is 0 Å². The van der Waals surface area contributed by atoms with Crippen LogP contribution in [0.3, 0.4) is 0 Å². The predicted molar refractivity (Wildman–Crippen MR) is 35.3 cm³/mol. The highest BCUT2D eigenvalue weighted by atomic mass is 32.4. The Balaban J connectivity index is 2.43. The molecule has 0 atom stereocenters. The summed E-state index contributed by atoms with van der Waals surface area (Å²) in [6, 6.07) is 0. The molecule has 1 fully saturated rings. The van der Waals surface area contributed by atoms with Crippen LogP contribution >= 0.6 is 11.2 Å². The lowest BCUT2D eigenvalue weighted by atomic mass is 11.2. The highest BCUT2D eigenvalue weighted by molar-refractivity contribution is 8.32. The summed E-state index contributed by atoms with van der Waals surface area (Å²) in [7, 11) is -1.20. The largest absolute Gasteiger partial charge is 0.530 e. The summed E-state index contributed by atoms with van der Waals surface area (Å²) < 4.78 is 5.23. The zero-order valence-corrected chi connectivity index (χ0v) is 6.34. The first kappa shape index (κ1) is 5.25. The van der Waals surface area contributed by atoms with Gasteiger partial charge in [-0.05, 0) is 13.1 Å². The molecule has 3 heteroatoms. The van der Waals surface area contributed by atoms with Crippen LogP contribution in [-0.4, -0.2) is 7.47 Å². The Morgan fingerprint density at radius 2 is 2.14 bits per heavy atom. The Kier molecular flexibility index (Phi) is 0.968. The van der Waals surface area contributed by atoms with Gasteiger partial charge in [0, 0.05) is 0 Å². The molecule has 0 aromatic heterocycles. The van der Waals surface area contributed by atoms with Gasteiger partial charge in [0.05, 0.1) is 0 Å². The lowest BCUT2D eigenvalue weighted by Crippen LogP contribution is -2.34. The molecule has 1 heterocycles. The lowest BCUT2D eigenvalue weighted by Gasteiger charge is -2.34. The molecule has 1 aliphatic rings. The van der Waals surface area contributed by atoms with Crippen LogP contribution in [0.1, 0.15) is 0 Å². The van der Waals surface area contributed by atoms with Crippen LogP contribution in [0, 0.1) is 0 Å². The zero-order valence-electron chi connectivity index (χ0n) is 4.52. The van der Waals surface area contributed by atoms with Crippen LogP contribution in [0.2, 0.25) is 13.1 Å². The summed E-state index contributed by atoms with van der Waals surface area (Å²) in [5, 5.41) is 0.900. The minimum Gasteiger partial charge on any atom is -0.530 e. The molecule has 1 rings (SSSR count). The maximum atomic E-state index is 5.23. The van der Waals surface area contributed by atoms with E-state index in [9.17, 15) is 0 Å². The molecule has 1 saturated heterocycles. The smallest absolute Gasteiger partial charge is 0.315 e. The summed E-state index contributed by atoms with van der Waals surface area (Å²) >= 11 is 1.81. The van der Waals surface area contributed by atoms with Crippen molar-refractivity contribution in [2.75, 3.05) is 0 Å². The summed E-state index contributed by atoms with van der Waals surface area (Å²) in [6.07, 6.45) is 0. The Morgan fingerprint density at radius 3 is 2.14 bits per heavy atom. The number of hydrogen-bond donors (Lipinski definition) is 0. The van der Waals surface area contributed by atoms with Crippen molar-refractivity contribution >= 4 is 18.7 Å². The molecule has 0 unspecified atom stereocenters. The molecule has 0 spiro atoms. The molecule has 0 radical (unpaired) electrons. The molecule has 40 valence electrons. The number of rotatable bonds is 0. The molecule has 7 heavy (non-hydrogen) atoms. The fourth-order valence-electron chi connectivity index (χ4n) is 0.556. The standard InChI is InChI=1S/C4H8OSSi/c1-4-5-7(2,3)6-4/h1H2,2-3H3. The van der Waals surface area contributed by atoms with Crippen molar-refractivity contribution in [2.45, 2.75) is 13.1 Å². The van der Waals surface area contributed by atoms with E-state index in [1.54, 1.807) is 0 Å². The van der Waals surface area contributed by atoms with Crippen LogP contribution in [0.25, 0.3) is 0 Å². The van der Waals surface area contributed by atoms with E-state index in [4.69, 9.17) is 4.43 Å². The molecule has 0 aromatic rings. The Morgan fingerprint density at radius 1 is 1.71 bits per heavy atom. The molecule has 0 aliphatic carbocycles. The topological polar surface area (TPSA) is 9.23 Å². The maximum absolute atomic E-state index is 5.23. The monoisotopic (exact) mass is 132 g/mol. The van der Waals surface area contributed by atoms with E-state index in [1.807, 2.05) is 11.2 Å². The van der Waals surface area contributed by atoms with E-state index in [-0.39, 0.29) is 0 Å². The first-order valence-corrected chi connectivity index (χ1v) is 6.62. The van der Waals surface area contributed by atoms with Gasteiger partial charge in [-0.3, -0.25) is 0 Å². The third-order valence-corrected chi connectivity index (χ3v) is 4.82. The minimum absolute atomic E-state index is 0.900. The van der Waals surface area contributed by atoms with E-state index in [0.29, 0.717) is 0 Å². The highest BCUT2D eigenvalue weighted by Crippen LogP contribution is 2.41. The molecular formula is C4H8OSSi. The van der Waals surface area contributed by atoms with Crippen LogP contribution < -0.4 is 0 Å². The van der Waals surface area contributed by atoms with E-state index >= 15 is 0 Å². The van der Waals surface area contributed by atoms with Gasteiger partial charge >= 0.3 is 7.47 Å². The van der Waals surface area contributed by atoms with E-state index in [0.717, 1.165) is 5.09 Å². The van der Waals surface area contributed by atoms with Crippen LogP contribution in [0.15, 0.2) is 11.7 Å². The first-order chi connectivity index (χ1) is 3.10. The van der Waals surface area contributed by atoms with Crippen molar-refractivity contribution in [3.8, 4) is 0 Å². The molecule has 0 bridgehead atoms. The van der Waals surface area contributed by atoms with Crippen molar-refractivity contribution in [2.24, 2.45) is 0 Å². The van der Waals surface area contributed by atoms with Crippen molar-refractivity contribution in [3.05, 3.63) is 11.7 Å². The maximum Gasteiger partial charge on any atom is 0.315 e. The zero-order chi connectivity index (χ0) is 5.49. The Labute approximate surface area is 48.5 Å². The quantitative estimate of drug-likeness (QED) is 0.466. The van der Waals surface area contributed by atoms with Gasteiger partial charge in [0.25, 0.3) is 0 Å². The van der Waals surface area contributed by atoms with Gasteiger partial charge in [-0.15, -0.1) is 0 Å². The minimum atomic E-state index is -1.20. The van der Waals surface area contributed by atoms with Gasteiger partial charge in [-0.25, -0.2) is 0 Å². The summed E-state index contributed by atoms with van der Waals surface area (Å²) in [4.78, 5) is 0. The molecule has 1 nitrogen and oxygen atoms in total. The second-order valence-electron chi connectivity index (χ2n) is 1.98. The van der Waals surface area contributed by atoms with Crippen LogP contribution in [0.4, 0.5) is 0 Å². The van der Waals surface area contributed by atoms with Crippen molar-refractivity contribution in [1.29, 1.82) is 0 Å². The number of hydrogen-bond acceptors (Lipinski definition) is 2. The molecule has 0 N–H and O–H groups in total. The molecule has 0 amide bonds. The fourth-order valence-corrected chi connectivity index (χ4v) is 4.14.